The molecule has 0 unspecified atom stereocenters. The predicted molar refractivity (Wildman–Crippen MR) is 60.7 cm³/mol. The minimum atomic E-state index is 0.613. The lowest BCUT2D eigenvalue weighted by atomic mass is 10.1. The first-order valence-electron chi connectivity index (χ1n) is 5.36. The molecule has 0 aliphatic heterocycles. The summed E-state index contributed by atoms with van der Waals surface area (Å²) in [6.07, 6.45) is 2.20. The number of benzene rings is 1. The maximum absolute atomic E-state index is 8.83. The van der Waals surface area contributed by atoms with E-state index in [1.54, 1.807) is 6.07 Å². The molecule has 0 saturated carbocycles. The molecule has 1 aromatic carbocycles. The average molecular weight is 203 g/mol. The molecule has 0 bridgehead atoms. The average Bonchev–Trinajstić information content (AvgIpc) is 2.24. The van der Waals surface area contributed by atoms with E-state index in [1.807, 2.05) is 18.2 Å². The third-order valence-electron chi connectivity index (χ3n) is 2.19. The number of ether oxygens (including phenoxy) is 1. The first-order valence-corrected chi connectivity index (χ1v) is 5.36. The van der Waals surface area contributed by atoms with Gasteiger partial charge in [0.15, 0.2) is 0 Å². The van der Waals surface area contributed by atoms with Crippen LogP contribution in [0.1, 0.15) is 32.3 Å². The maximum Gasteiger partial charge on any atom is 0.137 e. The van der Waals surface area contributed by atoms with Gasteiger partial charge >= 0.3 is 0 Å². The number of rotatable bonds is 5. The van der Waals surface area contributed by atoms with Gasteiger partial charge in [0.05, 0.1) is 12.2 Å². The Hall–Kier alpha value is -1.49. The molecule has 0 radical (unpaired) electrons. The van der Waals surface area contributed by atoms with E-state index in [1.165, 1.54) is 0 Å². The van der Waals surface area contributed by atoms with Gasteiger partial charge < -0.3 is 4.74 Å². The van der Waals surface area contributed by atoms with Crippen LogP contribution in [0.5, 0.6) is 5.75 Å². The van der Waals surface area contributed by atoms with E-state index in [9.17, 15) is 0 Å². The molecule has 2 nitrogen and oxygen atoms in total. The number of hydrogen-bond acceptors (Lipinski definition) is 2. The van der Waals surface area contributed by atoms with Gasteiger partial charge in [-0.3, -0.25) is 0 Å². The minimum absolute atomic E-state index is 0.613. The fourth-order valence-electron chi connectivity index (χ4n) is 1.36. The first kappa shape index (κ1) is 11.6. The number of nitriles is 1. The topological polar surface area (TPSA) is 33.0 Å². The molecule has 0 aliphatic rings. The van der Waals surface area contributed by atoms with Crippen molar-refractivity contribution in [2.75, 3.05) is 6.61 Å². The Morgan fingerprint density at radius 1 is 1.33 bits per heavy atom. The van der Waals surface area contributed by atoms with Gasteiger partial charge in [0.25, 0.3) is 0 Å². The Morgan fingerprint density at radius 2 is 2.07 bits per heavy atom. The van der Waals surface area contributed by atoms with Crippen molar-refractivity contribution in [1.29, 1.82) is 5.26 Å². The molecule has 80 valence electrons. The van der Waals surface area contributed by atoms with Crippen molar-refractivity contribution in [3.05, 3.63) is 29.8 Å². The summed E-state index contributed by atoms with van der Waals surface area (Å²) >= 11 is 0. The van der Waals surface area contributed by atoms with Gasteiger partial charge in [-0.15, -0.1) is 0 Å². The van der Waals surface area contributed by atoms with Crippen molar-refractivity contribution in [1.82, 2.24) is 0 Å². The standard InChI is InChI=1S/C13H17NO/c1-11(2)6-5-9-15-13-8-4-3-7-12(13)10-14/h3-4,7-8,11H,5-6,9H2,1-2H3. The predicted octanol–water partition coefficient (Wildman–Crippen LogP) is 3.37. The summed E-state index contributed by atoms with van der Waals surface area (Å²) in [5, 5.41) is 8.83. The van der Waals surface area contributed by atoms with Gasteiger partial charge in [-0.1, -0.05) is 26.0 Å². The Bertz CT molecular complexity index is 339. The van der Waals surface area contributed by atoms with E-state index in [4.69, 9.17) is 10.00 Å². The second-order valence-electron chi connectivity index (χ2n) is 3.99. The van der Waals surface area contributed by atoms with Gasteiger partial charge in [0.1, 0.15) is 11.8 Å². The van der Waals surface area contributed by atoms with Crippen LogP contribution >= 0.6 is 0 Å². The quantitative estimate of drug-likeness (QED) is 0.687. The Labute approximate surface area is 91.5 Å². The van der Waals surface area contributed by atoms with Crippen molar-refractivity contribution in [2.45, 2.75) is 26.7 Å². The molecule has 15 heavy (non-hydrogen) atoms. The zero-order valence-corrected chi connectivity index (χ0v) is 9.36. The van der Waals surface area contributed by atoms with Crippen molar-refractivity contribution >= 4 is 0 Å². The lowest BCUT2D eigenvalue weighted by Crippen LogP contribution is -2.00. The Balaban J connectivity index is 2.41. The molecule has 0 N–H and O–H groups in total. The van der Waals surface area contributed by atoms with E-state index < -0.39 is 0 Å². The third-order valence-corrected chi connectivity index (χ3v) is 2.19. The highest BCUT2D eigenvalue weighted by atomic mass is 16.5. The second kappa shape index (κ2) is 6.08. The summed E-state index contributed by atoms with van der Waals surface area (Å²) < 4.78 is 5.56. The zero-order valence-electron chi connectivity index (χ0n) is 9.36. The number of hydrogen-bond donors (Lipinski definition) is 0. The molecular weight excluding hydrogens is 186 g/mol. The molecule has 0 heterocycles. The summed E-state index contributed by atoms with van der Waals surface area (Å²) in [7, 11) is 0. The Morgan fingerprint density at radius 3 is 2.73 bits per heavy atom. The summed E-state index contributed by atoms with van der Waals surface area (Å²) in [4.78, 5) is 0. The molecule has 0 saturated heterocycles. The summed E-state index contributed by atoms with van der Waals surface area (Å²) in [5.74, 6) is 1.41. The maximum atomic E-state index is 8.83. The van der Waals surface area contributed by atoms with Crippen LogP contribution in [0.3, 0.4) is 0 Å². The lowest BCUT2D eigenvalue weighted by molar-refractivity contribution is 0.297. The van der Waals surface area contributed by atoms with Crippen LogP contribution in [0, 0.1) is 17.2 Å². The van der Waals surface area contributed by atoms with E-state index in [2.05, 4.69) is 19.9 Å². The summed E-state index contributed by atoms with van der Waals surface area (Å²) in [5.41, 5.74) is 0.613. The SMILES string of the molecule is CC(C)CCCOc1ccccc1C#N. The molecule has 0 aliphatic carbocycles. The zero-order chi connectivity index (χ0) is 11.1. The molecular formula is C13H17NO. The fourth-order valence-corrected chi connectivity index (χ4v) is 1.36. The summed E-state index contributed by atoms with van der Waals surface area (Å²) in [6, 6.07) is 9.47. The van der Waals surface area contributed by atoms with Gasteiger partial charge in [-0.2, -0.15) is 5.26 Å². The van der Waals surface area contributed by atoms with Gasteiger partial charge in [-0.25, -0.2) is 0 Å². The molecule has 0 amide bonds. The van der Waals surface area contributed by atoms with Gasteiger partial charge in [-0.05, 0) is 30.9 Å². The highest BCUT2D eigenvalue weighted by Crippen LogP contribution is 2.17. The number of nitrogens with zero attached hydrogens (tertiary/aromatic N) is 1. The number of para-hydroxylation sites is 1. The van der Waals surface area contributed by atoms with Crippen LogP contribution in [0.2, 0.25) is 0 Å². The highest BCUT2D eigenvalue weighted by molar-refractivity contribution is 5.42. The van der Waals surface area contributed by atoms with Crippen molar-refractivity contribution in [3.8, 4) is 11.8 Å². The van der Waals surface area contributed by atoms with Gasteiger partial charge in [0, 0.05) is 0 Å². The highest BCUT2D eigenvalue weighted by Gasteiger charge is 2.01. The van der Waals surface area contributed by atoms with E-state index in [-0.39, 0.29) is 0 Å². The van der Waals surface area contributed by atoms with Gasteiger partial charge in [0.2, 0.25) is 0 Å². The normalized spacial score (nSPS) is 10.0. The molecule has 1 aromatic rings. The van der Waals surface area contributed by atoms with Crippen molar-refractivity contribution in [2.24, 2.45) is 5.92 Å². The molecule has 0 aromatic heterocycles. The van der Waals surface area contributed by atoms with Crippen LogP contribution in [0.25, 0.3) is 0 Å². The summed E-state index contributed by atoms with van der Waals surface area (Å²) in [6.45, 7) is 5.09. The molecule has 2 heteroatoms. The largest absolute Gasteiger partial charge is 0.492 e. The smallest absolute Gasteiger partial charge is 0.137 e. The molecule has 1 rings (SSSR count). The van der Waals surface area contributed by atoms with Crippen LogP contribution < -0.4 is 4.74 Å². The fraction of sp³-hybridized carbons (Fsp3) is 0.462. The van der Waals surface area contributed by atoms with Crippen LogP contribution in [0.15, 0.2) is 24.3 Å². The van der Waals surface area contributed by atoms with Crippen LogP contribution in [-0.2, 0) is 0 Å². The first-order chi connectivity index (χ1) is 7.24. The molecule has 0 atom stereocenters. The van der Waals surface area contributed by atoms with Crippen molar-refractivity contribution < 1.29 is 4.74 Å². The van der Waals surface area contributed by atoms with E-state index >= 15 is 0 Å². The monoisotopic (exact) mass is 203 g/mol. The van der Waals surface area contributed by atoms with E-state index in [0.717, 1.165) is 12.8 Å². The van der Waals surface area contributed by atoms with E-state index in [0.29, 0.717) is 23.8 Å². The van der Waals surface area contributed by atoms with Crippen LogP contribution in [0.4, 0.5) is 0 Å². The second-order valence-corrected chi connectivity index (χ2v) is 3.99. The lowest BCUT2D eigenvalue weighted by Gasteiger charge is -2.08. The Kier molecular flexibility index (Phi) is 4.70. The third kappa shape index (κ3) is 4.03. The van der Waals surface area contributed by atoms with Crippen molar-refractivity contribution in [3.63, 3.8) is 0 Å². The minimum Gasteiger partial charge on any atom is -0.492 e. The molecule has 0 spiro atoms. The molecule has 0 fully saturated rings. The van der Waals surface area contributed by atoms with Crippen LogP contribution in [-0.4, -0.2) is 6.61 Å².